The molecule has 1 aromatic heterocycles. The van der Waals surface area contributed by atoms with Crippen LogP contribution in [0, 0.1) is 13.8 Å². The van der Waals surface area contributed by atoms with Crippen LogP contribution in [0.3, 0.4) is 0 Å². The fourth-order valence-corrected chi connectivity index (χ4v) is 2.97. The summed E-state index contributed by atoms with van der Waals surface area (Å²) in [7, 11) is 0. The van der Waals surface area contributed by atoms with Gasteiger partial charge in [0, 0.05) is 35.5 Å². The van der Waals surface area contributed by atoms with E-state index in [-0.39, 0.29) is 11.3 Å². The molecule has 1 aliphatic rings. The van der Waals surface area contributed by atoms with E-state index < -0.39 is 0 Å². The number of amides is 1. The molecule has 1 atom stereocenters. The van der Waals surface area contributed by atoms with Crippen LogP contribution in [-0.2, 0) is 11.3 Å². The largest absolute Gasteiger partial charge is 0.363 e. The Morgan fingerprint density at radius 2 is 2.05 bits per heavy atom. The minimum Gasteiger partial charge on any atom is -0.363 e. The molecule has 22 heavy (non-hydrogen) atoms. The Hall–Kier alpha value is -1.62. The SMILES string of the molecule is Cc1c[nH]c(CNC(=O)CC[C@H](C)N2CCCC2)c(C)c1=O. The van der Waals surface area contributed by atoms with Gasteiger partial charge in [-0.25, -0.2) is 0 Å². The van der Waals surface area contributed by atoms with Crippen LogP contribution in [0.1, 0.15) is 49.4 Å². The number of carbonyl (C=O) groups is 1. The van der Waals surface area contributed by atoms with Crippen molar-refractivity contribution in [2.75, 3.05) is 13.1 Å². The second-order valence-corrected chi connectivity index (χ2v) is 6.31. The molecule has 1 fully saturated rings. The van der Waals surface area contributed by atoms with Gasteiger partial charge in [0.15, 0.2) is 5.43 Å². The van der Waals surface area contributed by atoms with Crippen molar-refractivity contribution < 1.29 is 4.79 Å². The van der Waals surface area contributed by atoms with Crippen LogP contribution >= 0.6 is 0 Å². The summed E-state index contributed by atoms with van der Waals surface area (Å²) in [5, 5.41) is 2.90. The summed E-state index contributed by atoms with van der Waals surface area (Å²) in [4.78, 5) is 29.4. The van der Waals surface area contributed by atoms with E-state index in [1.54, 1.807) is 20.0 Å². The molecule has 2 rings (SSSR count). The molecule has 0 bridgehead atoms. The lowest BCUT2D eigenvalue weighted by Crippen LogP contribution is -2.32. The molecule has 1 saturated heterocycles. The van der Waals surface area contributed by atoms with Gasteiger partial charge in [-0.15, -0.1) is 0 Å². The number of carbonyl (C=O) groups excluding carboxylic acids is 1. The molecule has 5 heteroatoms. The van der Waals surface area contributed by atoms with E-state index in [2.05, 4.69) is 22.1 Å². The summed E-state index contributed by atoms with van der Waals surface area (Å²) in [6, 6.07) is 0.467. The Morgan fingerprint density at radius 1 is 1.36 bits per heavy atom. The van der Waals surface area contributed by atoms with E-state index in [0.717, 1.165) is 25.2 Å². The van der Waals surface area contributed by atoms with Gasteiger partial charge >= 0.3 is 0 Å². The Morgan fingerprint density at radius 3 is 2.73 bits per heavy atom. The number of hydrogen-bond donors (Lipinski definition) is 2. The van der Waals surface area contributed by atoms with Crippen molar-refractivity contribution in [1.29, 1.82) is 0 Å². The smallest absolute Gasteiger partial charge is 0.220 e. The molecular weight excluding hydrogens is 278 g/mol. The third-order valence-corrected chi connectivity index (χ3v) is 4.63. The van der Waals surface area contributed by atoms with Crippen molar-refractivity contribution in [3.05, 3.63) is 33.2 Å². The minimum absolute atomic E-state index is 0.0469. The van der Waals surface area contributed by atoms with Crippen LogP contribution in [-0.4, -0.2) is 34.9 Å². The maximum absolute atomic E-state index is 12.0. The summed E-state index contributed by atoms with van der Waals surface area (Å²) in [5.74, 6) is 0.0480. The molecule has 5 nitrogen and oxygen atoms in total. The van der Waals surface area contributed by atoms with Crippen LogP contribution in [0.25, 0.3) is 0 Å². The fourth-order valence-electron chi connectivity index (χ4n) is 2.97. The molecular formula is C17H27N3O2. The number of aromatic amines is 1. The monoisotopic (exact) mass is 305 g/mol. The molecule has 0 radical (unpaired) electrons. The molecule has 0 unspecified atom stereocenters. The Labute approximate surface area is 132 Å². The highest BCUT2D eigenvalue weighted by atomic mass is 16.1. The second kappa shape index (κ2) is 7.58. The average Bonchev–Trinajstić information content (AvgIpc) is 3.04. The molecule has 2 heterocycles. The van der Waals surface area contributed by atoms with E-state index in [4.69, 9.17) is 0 Å². The van der Waals surface area contributed by atoms with E-state index >= 15 is 0 Å². The highest BCUT2D eigenvalue weighted by Crippen LogP contribution is 2.14. The average molecular weight is 305 g/mol. The Balaban J connectivity index is 1.78. The molecule has 2 N–H and O–H groups in total. The van der Waals surface area contributed by atoms with Gasteiger partial charge in [0.05, 0.1) is 6.54 Å². The fraction of sp³-hybridized carbons (Fsp3) is 0.647. The molecule has 1 aromatic rings. The van der Waals surface area contributed by atoms with E-state index in [9.17, 15) is 9.59 Å². The van der Waals surface area contributed by atoms with Crippen LogP contribution in [0.4, 0.5) is 0 Å². The highest BCUT2D eigenvalue weighted by molar-refractivity contribution is 5.75. The predicted octanol–water partition coefficient (Wildman–Crippen LogP) is 1.87. The van der Waals surface area contributed by atoms with Gasteiger partial charge < -0.3 is 15.2 Å². The standard InChI is InChI=1S/C17H27N3O2/c1-12-10-18-15(14(3)17(12)22)11-19-16(21)7-6-13(2)20-8-4-5-9-20/h10,13H,4-9,11H2,1-3H3,(H,18,22)(H,19,21)/t13-/m0/s1. The lowest BCUT2D eigenvalue weighted by Gasteiger charge is -2.23. The van der Waals surface area contributed by atoms with Gasteiger partial charge in [0.25, 0.3) is 0 Å². The first-order valence-corrected chi connectivity index (χ1v) is 8.17. The molecule has 0 aromatic carbocycles. The number of nitrogens with zero attached hydrogens (tertiary/aromatic N) is 1. The van der Waals surface area contributed by atoms with Gasteiger partial charge in [0.1, 0.15) is 0 Å². The maximum atomic E-state index is 12.0. The molecule has 0 saturated carbocycles. The van der Waals surface area contributed by atoms with Gasteiger partial charge in [0.2, 0.25) is 5.91 Å². The summed E-state index contributed by atoms with van der Waals surface area (Å²) >= 11 is 0. The Kier molecular flexibility index (Phi) is 5.77. The molecule has 0 aliphatic carbocycles. The number of aromatic nitrogens is 1. The van der Waals surface area contributed by atoms with Gasteiger partial charge in [-0.05, 0) is 53.1 Å². The zero-order valence-corrected chi connectivity index (χ0v) is 13.9. The van der Waals surface area contributed by atoms with Crippen LogP contribution < -0.4 is 10.7 Å². The first-order valence-electron chi connectivity index (χ1n) is 8.17. The van der Waals surface area contributed by atoms with Gasteiger partial charge in [-0.1, -0.05) is 0 Å². The highest BCUT2D eigenvalue weighted by Gasteiger charge is 2.18. The number of pyridine rings is 1. The van der Waals surface area contributed by atoms with Crippen molar-refractivity contribution in [2.24, 2.45) is 0 Å². The number of H-pyrrole nitrogens is 1. The first-order chi connectivity index (χ1) is 10.5. The van der Waals surface area contributed by atoms with E-state index in [1.165, 1.54) is 12.8 Å². The summed E-state index contributed by atoms with van der Waals surface area (Å²) in [6.45, 7) is 8.48. The lowest BCUT2D eigenvalue weighted by atomic mass is 10.1. The van der Waals surface area contributed by atoms with Crippen LogP contribution in [0.5, 0.6) is 0 Å². The zero-order valence-electron chi connectivity index (χ0n) is 13.9. The maximum Gasteiger partial charge on any atom is 0.220 e. The summed E-state index contributed by atoms with van der Waals surface area (Å²) < 4.78 is 0. The van der Waals surface area contributed by atoms with Crippen molar-refractivity contribution >= 4 is 5.91 Å². The van der Waals surface area contributed by atoms with Crippen molar-refractivity contribution in [3.8, 4) is 0 Å². The first kappa shape index (κ1) is 16.7. The summed E-state index contributed by atoms with van der Waals surface area (Å²) in [6.07, 6.45) is 5.67. The quantitative estimate of drug-likeness (QED) is 0.843. The molecule has 0 spiro atoms. The van der Waals surface area contributed by atoms with Crippen LogP contribution in [0.2, 0.25) is 0 Å². The van der Waals surface area contributed by atoms with E-state index in [0.29, 0.717) is 30.1 Å². The molecule has 122 valence electrons. The topological polar surface area (TPSA) is 65.2 Å². The number of hydrogen-bond acceptors (Lipinski definition) is 3. The third kappa shape index (κ3) is 4.19. The lowest BCUT2D eigenvalue weighted by molar-refractivity contribution is -0.121. The molecule has 1 aliphatic heterocycles. The van der Waals surface area contributed by atoms with Crippen molar-refractivity contribution in [1.82, 2.24) is 15.2 Å². The van der Waals surface area contributed by atoms with Crippen molar-refractivity contribution in [3.63, 3.8) is 0 Å². The van der Waals surface area contributed by atoms with Gasteiger partial charge in [-0.2, -0.15) is 0 Å². The number of nitrogens with one attached hydrogen (secondary N) is 2. The molecule has 1 amide bonds. The number of aryl methyl sites for hydroxylation is 1. The predicted molar refractivity (Wildman–Crippen MR) is 87.9 cm³/mol. The van der Waals surface area contributed by atoms with E-state index in [1.807, 2.05) is 0 Å². The second-order valence-electron chi connectivity index (χ2n) is 6.31. The minimum atomic E-state index is 0.0469. The van der Waals surface area contributed by atoms with Crippen molar-refractivity contribution in [2.45, 2.75) is 59.0 Å². The zero-order chi connectivity index (χ0) is 16.1. The number of likely N-dealkylation sites (tertiary alicyclic amines) is 1. The van der Waals surface area contributed by atoms with Gasteiger partial charge in [-0.3, -0.25) is 9.59 Å². The Bertz CT molecular complexity index is 574. The van der Waals surface area contributed by atoms with Crippen LogP contribution in [0.15, 0.2) is 11.0 Å². The summed E-state index contributed by atoms with van der Waals surface area (Å²) in [5.41, 5.74) is 2.22. The number of rotatable bonds is 6. The third-order valence-electron chi connectivity index (χ3n) is 4.63. The normalized spacial score (nSPS) is 16.7.